The van der Waals surface area contributed by atoms with Gasteiger partial charge in [0, 0.05) is 11.3 Å². The molecule has 2 aromatic carbocycles. The van der Waals surface area contributed by atoms with Crippen molar-refractivity contribution in [3.8, 4) is 11.3 Å². The van der Waals surface area contributed by atoms with Crippen LogP contribution in [-0.4, -0.2) is 11.1 Å². The number of benzene rings is 2. The van der Waals surface area contributed by atoms with Crippen LogP contribution < -0.4 is 5.32 Å². The first-order valence-corrected chi connectivity index (χ1v) is 6.83. The van der Waals surface area contributed by atoms with Gasteiger partial charge in [0.2, 0.25) is 0 Å². The number of carbonyl (C=O) groups is 1. The predicted octanol–water partition coefficient (Wildman–Crippen LogP) is 4.18. The van der Waals surface area contributed by atoms with Gasteiger partial charge in [-0.15, -0.1) is 0 Å². The maximum atomic E-state index is 13.4. The molecule has 0 saturated heterocycles. The van der Waals surface area contributed by atoms with Crippen LogP contribution >= 0.6 is 0 Å². The molecule has 0 atom stereocenters. The summed E-state index contributed by atoms with van der Waals surface area (Å²) >= 11 is 0. The van der Waals surface area contributed by atoms with E-state index < -0.39 is 17.5 Å². The number of hydrogen-bond donors (Lipinski definition) is 1. The quantitative estimate of drug-likeness (QED) is 0.789. The van der Waals surface area contributed by atoms with Crippen molar-refractivity contribution in [2.24, 2.45) is 0 Å². The van der Waals surface area contributed by atoms with Crippen molar-refractivity contribution >= 4 is 11.6 Å². The van der Waals surface area contributed by atoms with Crippen LogP contribution in [0.3, 0.4) is 0 Å². The second-order valence-corrected chi connectivity index (χ2v) is 5.02. The van der Waals surface area contributed by atoms with Crippen molar-refractivity contribution in [3.05, 3.63) is 71.4 Å². The first kappa shape index (κ1) is 14.9. The molecular weight excluding hydrogens is 302 g/mol. The van der Waals surface area contributed by atoms with Crippen molar-refractivity contribution in [2.45, 2.75) is 6.92 Å². The Bertz CT molecular complexity index is 875. The number of halogens is 2. The molecule has 1 aromatic heterocycles. The van der Waals surface area contributed by atoms with Gasteiger partial charge < -0.3 is 9.84 Å². The minimum Gasteiger partial charge on any atom is -0.355 e. The van der Waals surface area contributed by atoms with Gasteiger partial charge in [0.1, 0.15) is 5.56 Å². The van der Waals surface area contributed by atoms with Crippen molar-refractivity contribution in [1.29, 1.82) is 0 Å². The normalized spacial score (nSPS) is 10.6. The Labute approximate surface area is 130 Å². The molecule has 3 aromatic rings. The summed E-state index contributed by atoms with van der Waals surface area (Å²) in [5, 5.41) is 6.29. The molecule has 23 heavy (non-hydrogen) atoms. The van der Waals surface area contributed by atoms with Crippen molar-refractivity contribution in [2.75, 3.05) is 5.32 Å². The lowest BCUT2D eigenvalue weighted by Crippen LogP contribution is -2.12. The van der Waals surface area contributed by atoms with Gasteiger partial charge in [-0.3, -0.25) is 4.79 Å². The predicted molar refractivity (Wildman–Crippen MR) is 81.0 cm³/mol. The Hall–Kier alpha value is -3.02. The summed E-state index contributed by atoms with van der Waals surface area (Å²) in [6.45, 7) is 1.90. The molecule has 6 heteroatoms. The first-order chi connectivity index (χ1) is 11.0. The number of nitrogens with one attached hydrogen (secondary N) is 1. The molecule has 3 rings (SSSR count). The minimum atomic E-state index is -1.02. The Morgan fingerprint density at radius 2 is 1.96 bits per heavy atom. The van der Waals surface area contributed by atoms with E-state index in [2.05, 4.69) is 10.5 Å². The molecule has 0 spiro atoms. The first-order valence-electron chi connectivity index (χ1n) is 6.83. The number of rotatable bonds is 3. The van der Waals surface area contributed by atoms with Crippen LogP contribution in [0.4, 0.5) is 14.5 Å². The van der Waals surface area contributed by atoms with E-state index in [1.807, 2.05) is 25.1 Å². The number of amides is 1. The molecule has 116 valence electrons. The summed E-state index contributed by atoms with van der Waals surface area (Å²) in [5.41, 5.74) is 1.98. The highest BCUT2D eigenvalue weighted by Gasteiger charge is 2.19. The third-order valence-corrected chi connectivity index (χ3v) is 3.27. The van der Waals surface area contributed by atoms with E-state index in [1.54, 1.807) is 6.07 Å². The standard InChI is InChI=1S/C17H12F2N2O2/c1-10-3-2-4-12(7-10)21-17(22)13-9-20-23-16(13)11-5-6-14(18)15(19)8-11/h2-9H,1H3,(H,21,22). The number of aryl methyl sites for hydroxylation is 1. The lowest BCUT2D eigenvalue weighted by molar-refractivity contribution is 0.102. The fourth-order valence-corrected chi connectivity index (χ4v) is 2.17. The SMILES string of the molecule is Cc1cccc(NC(=O)c2cnoc2-c2ccc(F)c(F)c2)c1. The van der Waals surface area contributed by atoms with Crippen LogP contribution in [0.15, 0.2) is 53.2 Å². The van der Waals surface area contributed by atoms with Crippen LogP contribution in [0.2, 0.25) is 0 Å². The van der Waals surface area contributed by atoms with E-state index in [4.69, 9.17) is 4.52 Å². The number of hydrogen-bond acceptors (Lipinski definition) is 3. The minimum absolute atomic E-state index is 0.0778. The van der Waals surface area contributed by atoms with Gasteiger partial charge in [-0.1, -0.05) is 17.3 Å². The summed E-state index contributed by atoms with van der Waals surface area (Å²) in [6.07, 6.45) is 1.24. The Kier molecular flexibility index (Phi) is 3.89. The summed E-state index contributed by atoms with van der Waals surface area (Å²) in [6, 6.07) is 10.5. The maximum absolute atomic E-state index is 13.4. The van der Waals surface area contributed by atoms with Crippen LogP contribution in [0, 0.1) is 18.6 Å². The molecule has 0 aliphatic carbocycles. The molecule has 0 unspecified atom stereocenters. The lowest BCUT2D eigenvalue weighted by Gasteiger charge is -2.06. The molecule has 0 saturated carbocycles. The van der Waals surface area contributed by atoms with E-state index in [-0.39, 0.29) is 16.9 Å². The smallest absolute Gasteiger partial charge is 0.261 e. The molecule has 4 nitrogen and oxygen atoms in total. The Morgan fingerprint density at radius 3 is 2.70 bits per heavy atom. The van der Waals surface area contributed by atoms with Gasteiger partial charge in [0.05, 0.1) is 6.20 Å². The highest BCUT2D eigenvalue weighted by Crippen LogP contribution is 2.26. The molecule has 1 N–H and O–H groups in total. The van der Waals surface area contributed by atoms with Gasteiger partial charge in [0.25, 0.3) is 5.91 Å². The van der Waals surface area contributed by atoms with Gasteiger partial charge in [0.15, 0.2) is 17.4 Å². The molecule has 1 amide bonds. The van der Waals surface area contributed by atoms with Crippen LogP contribution in [0.5, 0.6) is 0 Å². The molecule has 0 aliphatic rings. The Morgan fingerprint density at radius 1 is 1.13 bits per heavy atom. The number of aromatic nitrogens is 1. The lowest BCUT2D eigenvalue weighted by atomic mass is 10.1. The fraction of sp³-hybridized carbons (Fsp3) is 0.0588. The molecule has 0 aliphatic heterocycles. The second-order valence-electron chi connectivity index (χ2n) is 5.02. The maximum Gasteiger partial charge on any atom is 0.261 e. The van der Waals surface area contributed by atoms with E-state index in [0.717, 1.165) is 17.7 Å². The van der Waals surface area contributed by atoms with Gasteiger partial charge >= 0.3 is 0 Å². The summed E-state index contributed by atoms with van der Waals surface area (Å²) < 4.78 is 31.4. The zero-order chi connectivity index (χ0) is 16.4. The largest absolute Gasteiger partial charge is 0.355 e. The third-order valence-electron chi connectivity index (χ3n) is 3.27. The second kappa shape index (κ2) is 6.00. The topological polar surface area (TPSA) is 55.1 Å². The summed E-state index contributed by atoms with van der Waals surface area (Å²) in [4.78, 5) is 12.4. The zero-order valence-electron chi connectivity index (χ0n) is 12.1. The van der Waals surface area contributed by atoms with E-state index in [9.17, 15) is 13.6 Å². The Balaban J connectivity index is 1.91. The fourth-order valence-electron chi connectivity index (χ4n) is 2.17. The molecule has 1 heterocycles. The average molecular weight is 314 g/mol. The van der Waals surface area contributed by atoms with E-state index in [0.29, 0.717) is 5.69 Å². The van der Waals surface area contributed by atoms with Gasteiger partial charge in [-0.2, -0.15) is 0 Å². The van der Waals surface area contributed by atoms with Gasteiger partial charge in [-0.25, -0.2) is 8.78 Å². The van der Waals surface area contributed by atoms with Crippen molar-refractivity contribution < 1.29 is 18.1 Å². The molecular formula is C17H12F2N2O2. The van der Waals surface area contributed by atoms with E-state index in [1.165, 1.54) is 12.3 Å². The van der Waals surface area contributed by atoms with Gasteiger partial charge in [-0.05, 0) is 42.8 Å². The van der Waals surface area contributed by atoms with Crippen molar-refractivity contribution in [1.82, 2.24) is 5.16 Å². The zero-order valence-corrected chi connectivity index (χ0v) is 12.1. The van der Waals surface area contributed by atoms with Crippen LogP contribution in [-0.2, 0) is 0 Å². The molecule has 0 bridgehead atoms. The van der Waals surface area contributed by atoms with Crippen LogP contribution in [0.1, 0.15) is 15.9 Å². The average Bonchev–Trinajstić information content (AvgIpc) is 2.99. The molecule has 0 radical (unpaired) electrons. The summed E-state index contributed by atoms with van der Waals surface area (Å²) in [7, 11) is 0. The number of carbonyl (C=O) groups excluding carboxylic acids is 1. The highest BCUT2D eigenvalue weighted by atomic mass is 19.2. The van der Waals surface area contributed by atoms with Crippen molar-refractivity contribution in [3.63, 3.8) is 0 Å². The third kappa shape index (κ3) is 3.11. The highest BCUT2D eigenvalue weighted by molar-refractivity contribution is 6.07. The van der Waals surface area contributed by atoms with Crippen LogP contribution in [0.25, 0.3) is 11.3 Å². The van der Waals surface area contributed by atoms with E-state index >= 15 is 0 Å². The number of nitrogens with zero attached hydrogens (tertiary/aromatic N) is 1. The number of anilines is 1. The molecule has 0 fully saturated rings. The summed E-state index contributed by atoms with van der Waals surface area (Å²) in [5.74, 6) is -2.37. The monoisotopic (exact) mass is 314 g/mol.